The number of aliphatic hydroxyl groups excluding tert-OH is 1. The van der Waals surface area contributed by atoms with Crippen LogP contribution in [0, 0.1) is 5.92 Å². The predicted octanol–water partition coefficient (Wildman–Crippen LogP) is 1.78. The number of carbonyl (C=O) groups excluding carboxylic acids is 1. The second-order valence-electron chi connectivity index (χ2n) is 3.60. The first-order valence-corrected chi connectivity index (χ1v) is 5.19. The highest BCUT2D eigenvalue weighted by molar-refractivity contribution is 5.73. The predicted molar refractivity (Wildman–Crippen MR) is 59.5 cm³/mol. The molecule has 6 heteroatoms. The quantitative estimate of drug-likeness (QED) is 0.820. The van der Waals surface area contributed by atoms with Crippen molar-refractivity contribution in [3.8, 4) is 5.75 Å². The van der Waals surface area contributed by atoms with Crippen molar-refractivity contribution in [1.82, 2.24) is 0 Å². The van der Waals surface area contributed by atoms with Crippen molar-refractivity contribution in [3.63, 3.8) is 0 Å². The summed E-state index contributed by atoms with van der Waals surface area (Å²) in [5.41, 5.74) is 0.200. The van der Waals surface area contributed by atoms with Crippen LogP contribution in [0.15, 0.2) is 24.3 Å². The Hall–Kier alpha value is -1.69. The molecule has 0 radical (unpaired) electrons. The number of benzene rings is 1. The minimum Gasteiger partial charge on any atom is -0.497 e. The van der Waals surface area contributed by atoms with Crippen LogP contribution >= 0.6 is 0 Å². The van der Waals surface area contributed by atoms with Crippen molar-refractivity contribution in [2.45, 2.75) is 12.5 Å². The molecular formula is C12H14F2O4. The summed E-state index contributed by atoms with van der Waals surface area (Å²) in [4.78, 5) is 11.2. The molecule has 18 heavy (non-hydrogen) atoms. The first-order chi connectivity index (χ1) is 8.51. The first-order valence-electron chi connectivity index (χ1n) is 5.19. The Balaban J connectivity index is 2.94. The molecule has 2 atom stereocenters. The number of hydrogen-bond acceptors (Lipinski definition) is 4. The number of esters is 1. The van der Waals surface area contributed by atoms with E-state index in [2.05, 4.69) is 4.74 Å². The molecule has 0 bridgehead atoms. The number of halogens is 2. The topological polar surface area (TPSA) is 55.8 Å². The number of ether oxygens (including phenoxy) is 2. The van der Waals surface area contributed by atoms with Crippen molar-refractivity contribution < 1.29 is 28.2 Å². The Bertz CT molecular complexity index is 392. The Morgan fingerprint density at radius 1 is 1.22 bits per heavy atom. The van der Waals surface area contributed by atoms with E-state index in [1.807, 2.05) is 0 Å². The molecule has 0 heterocycles. The Labute approximate surface area is 103 Å². The molecule has 2 unspecified atom stereocenters. The molecule has 0 saturated carbocycles. The Morgan fingerprint density at radius 2 is 1.78 bits per heavy atom. The molecule has 0 fully saturated rings. The molecule has 0 amide bonds. The highest BCUT2D eigenvalue weighted by Gasteiger charge is 2.37. The monoisotopic (exact) mass is 260 g/mol. The molecule has 0 saturated heterocycles. The minimum absolute atomic E-state index is 0.200. The zero-order valence-corrected chi connectivity index (χ0v) is 9.97. The summed E-state index contributed by atoms with van der Waals surface area (Å²) < 4.78 is 34.6. The second kappa shape index (κ2) is 6.30. The van der Waals surface area contributed by atoms with Gasteiger partial charge < -0.3 is 14.6 Å². The Morgan fingerprint density at radius 3 is 2.17 bits per heavy atom. The van der Waals surface area contributed by atoms with E-state index in [0.717, 1.165) is 7.11 Å². The number of carbonyl (C=O) groups is 1. The lowest BCUT2D eigenvalue weighted by Gasteiger charge is -2.20. The van der Waals surface area contributed by atoms with Crippen LogP contribution in [0.3, 0.4) is 0 Å². The summed E-state index contributed by atoms with van der Waals surface area (Å²) in [5, 5.41) is 9.79. The molecule has 100 valence electrons. The number of alkyl halides is 2. The number of methoxy groups -OCH3 is 2. The maximum Gasteiger partial charge on any atom is 0.317 e. The van der Waals surface area contributed by atoms with Crippen LogP contribution in [0.1, 0.15) is 11.7 Å². The van der Waals surface area contributed by atoms with Gasteiger partial charge in [-0.2, -0.15) is 0 Å². The molecule has 0 aliphatic rings. The van der Waals surface area contributed by atoms with Crippen molar-refractivity contribution in [2.24, 2.45) is 5.92 Å². The van der Waals surface area contributed by atoms with E-state index in [4.69, 9.17) is 4.74 Å². The van der Waals surface area contributed by atoms with Crippen LogP contribution < -0.4 is 4.74 Å². The summed E-state index contributed by atoms with van der Waals surface area (Å²) in [6.07, 6.45) is -4.63. The fourth-order valence-electron chi connectivity index (χ4n) is 1.51. The van der Waals surface area contributed by atoms with Crippen molar-refractivity contribution in [3.05, 3.63) is 29.8 Å². The van der Waals surface area contributed by atoms with Crippen LogP contribution in [0.5, 0.6) is 5.75 Å². The molecule has 0 aromatic heterocycles. The molecule has 0 aliphatic carbocycles. The SMILES string of the molecule is COC(=O)C(C(F)F)C(O)c1ccc(OC)cc1. The standard InChI is InChI=1S/C12H14F2O4/c1-17-8-5-3-7(4-6-8)10(15)9(11(13)14)12(16)18-2/h3-6,9-11,15H,1-2H3. The van der Waals surface area contributed by atoms with Gasteiger partial charge in [-0.15, -0.1) is 0 Å². The van der Waals surface area contributed by atoms with Gasteiger partial charge in [0, 0.05) is 0 Å². The van der Waals surface area contributed by atoms with Gasteiger partial charge in [0.2, 0.25) is 0 Å². The van der Waals surface area contributed by atoms with Gasteiger partial charge in [0.1, 0.15) is 11.7 Å². The number of aliphatic hydroxyl groups is 1. The lowest BCUT2D eigenvalue weighted by Crippen LogP contribution is -2.30. The number of rotatable bonds is 5. The van der Waals surface area contributed by atoms with Crippen molar-refractivity contribution in [2.75, 3.05) is 14.2 Å². The minimum atomic E-state index is -3.01. The molecule has 1 N–H and O–H groups in total. The van der Waals surface area contributed by atoms with Gasteiger partial charge in [0.05, 0.1) is 20.3 Å². The van der Waals surface area contributed by atoms with E-state index in [1.54, 1.807) is 0 Å². The van der Waals surface area contributed by atoms with E-state index >= 15 is 0 Å². The van der Waals surface area contributed by atoms with Gasteiger partial charge in [-0.3, -0.25) is 4.79 Å². The maximum atomic E-state index is 12.7. The van der Waals surface area contributed by atoms with Crippen LogP contribution in [0.4, 0.5) is 8.78 Å². The largest absolute Gasteiger partial charge is 0.497 e. The smallest absolute Gasteiger partial charge is 0.317 e. The summed E-state index contributed by atoms with van der Waals surface area (Å²) in [6.45, 7) is 0. The van der Waals surface area contributed by atoms with E-state index in [-0.39, 0.29) is 5.56 Å². The second-order valence-corrected chi connectivity index (χ2v) is 3.60. The highest BCUT2D eigenvalue weighted by atomic mass is 19.3. The fraction of sp³-hybridized carbons (Fsp3) is 0.417. The van der Waals surface area contributed by atoms with E-state index in [1.165, 1.54) is 31.4 Å². The molecule has 0 spiro atoms. The van der Waals surface area contributed by atoms with Gasteiger partial charge >= 0.3 is 5.97 Å². The third-order valence-electron chi connectivity index (χ3n) is 2.54. The molecule has 0 aliphatic heterocycles. The summed E-state index contributed by atoms with van der Waals surface area (Å²) in [7, 11) is 2.46. The van der Waals surface area contributed by atoms with Crippen LogP contribution in [-0.4, -0.2) is 31.7 Å². The molecule has 1 rings (SSSR count). The van der Waals surface area contributed by atoms with E-state index < -0.39 is 24.4 Å². The zero-order chi connectivity index (χ0) is 13.7. The molecular weight excluding hydrogens is 246 g/mol. The van der Waals surface area contributed by atoms with Gasteiger partial charge in [-0.05, 0) is 17.7 Å². The van der Waals surface area contributed by atoms with E-state index in [9.17, 15) is 18.7 Å². The summed E-state index contributed by atoms with van der Waals surface area (Å²) >= 11 is 0. The lowest BCUT2D eigenvalue weighted by atomic mass is 9.96. The van der Waals surface area contributed by atoms with Gasteiger partial charge in [-0.1, -0.05) is 12.1 Å². The van der Waals surface area contributed by atoms with Crippen molar-refractivity contribution >= 4 is 5.97 Å². The summed E-state index contributed by atoms with van der Waals surface area (Å²) in [5.74, 6) is -2.52. The Kier molecular flexibility index (Phi) is 5.03. The van der Waals surface area contributed by atoms with Crippen molar-refractivity contribution in [1.29, 1.82) is 0 Å². The lowest BCUT2D eigenvalue weighted by molar-refractivity contribution is -0.157. The third kappa shape index (κ3) is 3.16. The van der Waals surface area contributed by atoms with Crippen LogP contribution in [0.25, 0.3) is 0 Å². The zero-order valence-electron chi connectivity index (χ0n) is 9.97. The summed E-state index contributed by atoms with van der Waals surface area (Å²) in [6, 6.07) is 5.86. The average molecular weight is 260 g/mol. The third-order valence-corrected chi connectivity index (χ3v) is 2.54. The highest BCUT2D eigenvalue weighted by Crippen LogP contribution is 2.29. The fourth-order valence-corrected chi connectivity index (χ4v) is 1.51. The van der Waals surface area contributed by atoms with E-state index in [0.29, 0.717) is 5.75 Å². The first kappa shape index (κ1) is 14.4. The molecule has 1 aromatic carbocycles. The maximum absolute atomic E-state index is 12.7. The molecule has 4 nitrogen and oxygen atoms in total. The van der Waals surface area contributed by atoms with Crippen LogP contribution in [-0.2, 0) is 9.53 Å². The number of hydrogen-bond donors (Lipinski definition) is 1. The van der Waals surface area contributed by atoms with Gasteiger partial charge in [0.15, 0.2) is 0 Å². The van der Waals surface area contributed by atoms with Gasteiger partial charge in [-0.25, -0.2) is 8.78 Å². The normalized spacial score (nSPS) is 14.1. The van der Waals surface area contributed by atoms with Crippen LogP contribution in [0.2, 0.25) is 0 Å². The molecule has 1 aromatic rings. The van der Waals surface area contributed by atoms with Gasteiger partial charge in [0.25, 0.3) is 6.43 Å². The average Bonchev–Trinajstić information content (AvgIpc) is 2.38.